The van der Waals surface area contributed by atoms with Gasteiger partial charge < -0.3 is 14.8 Å². The zero-order valence-corrected chi connectivity index (χ0v) is 21.1. The van der Waals surface area contributed by atoms with Crippen LogP contribution in [0.2, 0.25) is 0 Å². The summed E-state index contributed by atoms with van der Waals surface area (Å²) in [5, 5.41) is 11.7. The molecule has 0 saturated carbocycles. The van der Waals surface area contributed by atoms with Gasteiger partial charge in [-0.1, -0.05) is 37.3 Å². The average Bonchev–Trinajstić information content (AvgIpc) is 3.58. The molecule has 1 atom stereocenters. The highest BCUT2D eigenvalue weighted by atomic mass is 32.2. The lowest BCUT2D eigenvalue weighted by Gasteiger charge is -2.22. The van der Waals surface area contributed by atoms with Crippen LogP contribution in [0.25, 0.3) is 0 Å². The maximum atomic E-state index is 13.4. The summed E-state index contributed by atoms with van der Waals surface area (Å²) in [6.07, 6.45) is 2.24. The Morgan fingerprint density at radius 3 is 2.69 bits per heavy atom. The predicted octanol–water partition coefficient (Wildman–Crippen LogP) is 4.24. The van der Waals surface area contributed by atoms with E-state index in [9.17, 15) is 13.2 Å². The van der Waals surface area contributed by atoms with Crippen LogP contribution in [-0.4, -0.2) is 42.2 Å². The molecule has 1 aromatic heterocycles. The van der Waals surface area contributed by atoms with Gasteiger partial charge in [-0.05, 0) is 55.0 Å². The largest absolute Gasteiger partial charge is 0.454 e. The van der Waals surface area contributed by atoms with Crippen molar-refractivity contribution in [3.8, 4) is 11.5 Å². The highest BCUT2D eigenvalue weighted by Gasteiger charge is 2.38. The van der Waals surface area contributed by atoms with Crippen LogP contribution in [0.15, 0.2) is 47.4 Å². The Labute approximate surface area is 208 Å². The number of aromatic nitrogens is 2. The van der Waals surface area contributed by atoms with E-state index in [-0.39, 0.29) is 16.7 Å². The van der Waals surface area contributed by atoms with Crippen LogP contribution < -0.4 is 14.8 Å². The van der Waals surface area contributed by atoms with Crippen molar-refractivity contribution >= 4 is 33.0 Å². The van der Waals surface area contributed by atoms with Gasteiger partial charge in [0.25, 0.3) is 5.91 Å². The molecule has 0 radical (unpaired) electrons. The predicted molar refractivity (Wildman–Crippen MR) is 131 cm³/mol. The summed E-state index contributed by atoms with van der Waals surface area (Å²) in [6.45, 7) is 4.81. The fourth-order valence-electron chi connectivity index (χ4n) is 4.30. The fraction of sp³-hybridized carbons (Fsp3) is 0.375. The first-order chi connectivity index (χ1) is 16.8. The summed E-state index contributed by atoms with van der Waals surface area (Å²) < 4.78 is 38.9. The highest BCUT2D eigenvalue weighted by Crippen LogP contribution is 2.38. The maximum absolute atomic E-state index is 13.4. The number of hydrogen-bond acceptors (Lipinski definition) is 8. The second-order valence-electron chi connectivity index (χ2n) is 8.98. The molecule has 1 N–H and O–H groups in total. The Morgan fingerprint density at radius 2 is 1.91 bits per heavy atom. The van der Waals surface area contributed by atoms with E-state index in [1.807, 2.05) is 12.1 Å². The first-order valence-electron chi connectivity index (χ1n) is 11.5. The van der Waals surface area contributed by atoms with Gasteiger partial charge in [0, 0.05) is 18.3 Å². The molecule has 184 valence electrons. The maximum Gasteiger partial charge on any atom is 0.286 e. The zero-order valence-electron chi connectivity index (χ0n) is 19.4. The molecule has 11 heteroatoms. The van der Waals surface area contributed by atoms with E-state index in [4.69, 9.17) is 9.47 Å². The topological polar surface area (TPSA) is 111 Å². The van der Waals surface area contributed by atoms with Crippen molar-refractivity contribution in [3.05, 3.63) is 58.0 Å². The minimum absolute atomic E-state index is 0.148. The number of sulfonamides is 1. The standard InChI is InChI=1S/C24H26N4O5S2/c1-15(2)12-16-5-8-18(9-6-16)35(30,31)28-11-3-4-19(28)23-26-27-24(34-23)22(29)25-17-7-10-20-21(13-17)33-14-32-20/h5-10,13,15,19H,3-4,11-12,14H2,1-2H3,(H,25,29)/t19-/m1/s1. The molecule has 0 spiro atoms. The first kappa shape index (κ1) is 23.7. The number of benzene rings is 2. The number of amides is 1. The molecule has 2 aliphatic rings. The van der Waals surface area contributed by atoms with Crippen molar-refractivity contribution in [2.45, 2.75) is 44.0 Å². The molecule has 9 nitrogen and oxygen atoms in total. The fourth-order valence-corrected chi connectivity index (χ4v) is 6.91. The number of anilines is 1. The number of hydrogen-bond donors (Lipinski definition) is 1. The van der Waals surface area contributed by atoms with Crippen molar-refractivity contribution in [2.75, 3.05) is 18.7 Å². The lowest BCUT2D eigenvalue weighted by Crippen LogP contribution is -2.30. The van der Waals surface area contributed by atoms with Gasteiger partial charge >= 0.3 is 0 Å². The van der Waals surface area contributed by atoms with Crippen molar-refractivity contribution in [1.29, 1.82) is 0 Å². The molecule has 0 unspecified atom stereocenters. The summed E-state index contributed by atoms with van der Waals surface area (Å²) in [7, 11) is -3.70. The second kappa shape index (κ2) is 9.56. The van der Waals surface area contributed by atoms with Crippen LogP contribution in [0.4, 0.5) is 5.69 Å². The van der Waals surface area contributed by atoms with Gasteiger partial charge in [0.05, 0.1) is 10.9 Å². The monoisotopic (exact) mass is 514 g/mol. The molecule has 1 fully saturated rings. The van der Waals surface area contributed by atoms with Crippen LogP contribution in [0.5, 0.6) is 11.5 Å². The van der Waals surface area contributed by atoms with E-state index in [2.05, 4.69) is 29.4 Å². The Morgan fingerprint density at radius 1 is 1.14 bits per heavy atom. The third kappa shape index (κ3) is 4.89. The summed E-state index contributed by atoms with van der Waals surface area (Å²) in [5.41, 5.74) is 1.65. The van der Waals surface area contributed by atoms with Gasteiger partial charge in [-0.25, -0.2) is 8.42 Å². The van der Waals surface area contributed by atoms with Crippen LogP contribution in [-0.2, 0) is 16.4 Å². The Bertz CT molecular complexity index is 1340. The normalized spacial score (nSPS) is 17.7. The van der Waals surface area contributed by atoms with Gasteiger partial charge in [-0.2, -0.15) is 4.31 Å². The van der Waals surface area contributed by atoms with E-state index >= 15 is 0 Å². The average molecular weight is 515 g/mol. The molecular formula is C24H26N4O5S2. The molecule has 5 rings (SSSR count). The van der Waals surface area contributed by atoms with Gasteiger partial charge in [0.2, 0.25) is 21.8 Å². The molecule has 2 aliphatic heterocycles. The second-order valence-corrected chi connectivity index (χ2v) is 11.9. The number of carbonyl (C=O) groups excluding carboxylic acids is 1. The molecule has 1 amide bonds. The van der Waals surface area contributed by atoms with E-state index < -0.39 is 22.0 Å². The number of nitrogens with one attached hydrogen (secondary N) is 1. The SMILES string of the molecule is CC(C)Cc1ccc(S(=O)(=O)N2CCC[C@@H]2c2nnc(C(=O)Nc3ccc4c(c3)OCO4)s2)cc1. The Hall–Kier alpha value is -3.02. The third-order valence-electron chi connectivity index (χ3n) is 5.93. The van der Waals surface area contributed by atoms with Gasteiger partial charge in [0.15, 0.2) is 11.5 Å². The number of carbonyl (C=O) groups is 1. The Kier molecular flexibility index (Phi) is 6.47. The van der Waals surface area contributed by atoms with Crippen LogP contribution >= 0.6 is 11.3 Å². The van der Waals surface area contributed by atoms with Crippen LogP contribution in [0.3, 0.4) is 0 Å². The van der Waals surface area contributed by atoms with E-state index in [1.54, 1.807) is 30.3 Å². The van der Waals surface area contributed by atoms with E-state index in [0.29, 0.717) is 47.5 Å². The summed E-state index contributed by atoms with van der Waals surface area (Å²) in [6, 6.07) is 11.8. The lowest BCUT2D eigenvalue weighted by atomic mass is 10.0. The summed E-state index contributed by atoms with van der Waals surface area (Å²) in [5.74, 6) is 1.26. The molecule has 3 heterocycles. The van der Waals surface area contributed by atoms with Gasteiger partial charge in [0.1, 0.15) is 5.01 Å². The molecule has 0 aliphatic carbocycles. The van der Waals surface area contributed by atoms with Gasteiger partial charge in [-0.3, -0.25) is 4.79 Å². The molecule has 3 aromatic rings. The first-order valence-corrected chi connectivity index (χ1v) is 13.7. The van der Waals surface area contributed by atoms with Crippen molar-refractivity contribution in [3.63, 3.8) is 0 Å². The number of rotatable bonds is 7. The zero-order chi connectivity index (χ0) is 24.6. The van der Waals surface area contributed by atoms with Crippen molar-refractivity contribution in [2.24, 2.45) is 5.92 Å². The third-order valence-corrected chi connectivity index (χ3v) is 8.87. The smallest absolute Gasteiger partial charge is 0.286 e. The molecule has 0 bridgehead atoms. The summed E-state index contributed by atoms with van der Waals surface area (Å²) in [4.78, 5) is 13.0. The molecular weight excluding hydrogens is 488 g/mol. The quantitative estimate of drug-likeness (QED) is 0.502. The van der Waals surface area contributed by atoms with E-state index in [1.165, 1.54) is 4.31 Å². The number of fused-ring (bicyclic) bond motifs is 1. The molecule has 1 saturated heterocycles. The van der Waals surface area contributed by atoms with Crippen molar-refractivity contribution < 1.29 is 22.7 Å². The number of ether oxygens (including phenoxy) is 2. The lowest BCUT2D eigenvalue weighted by molar-refractivity contribution is 0.102. The van der Waals surface area contributed by atoms with E-state index in [0.717, 1.165) is 23.3 Å². The minimum atomic E-state index is -3.70. The van der Waals surface area contributed by atoms with Crippen LogP contribution in [0, 0.1) is 5.92 Å². The Balaban J connectivity index is 1.31. The molecule has 2 aromatic carbocycles. The minimum Gasteiger partial charge on any atom is -0.454 e. The number of nitrogens with zero attached hydrogens (tertiary/aromatic N) is 3. The highest BCUT2D eigenvalue weighted by molar-refractivity contribution is 7.89. The van der Waals surface area contributed by atoms with Crippen molar-refractivity contribution in [1.82, 2.24) is 14.5 Å². The summed E-state index contributed by atoms with van der Waals surface area (Å²) >= 11 is 1.11. The van der Waals surface area contributed by atoms with Gasteiger partial charge in [-0.15, -0.1) is 10.2 Å². The van der Waals surface area contributed by atoms with Crippen LogP contribution in [0.1, 0.15) is 53.1 Å². The molecule has 35 heavy (non-hydrogen) atoms.